The van der Waals surface area contributed by atoms with Crippen molar-refractivity contribution in [2.75, 3.05) is 0 Å². The van der Waals surface area contributed by atoms with Gasteiger partial charge in [-0.25, -0.2) is 0 Å². The second kappa shape index (κ2) is 6.29. The van der Waals surface area contributed by atoms with E-state index in [0.717, 1.165) is 18.0 Å². The summed E-state index contributed by atoms with van der Waals surface area (Å²) in [5, 5.41) is 16.3. The molecule has 0 aliphatic heterocycles. The lowest BCUT2D eigenvalue weighted by atomic mass is 9.83. The number of nitrogens with zero attached hydrogens (tertiary/aromatic N) is 1. The molecule has 1 N–H and O–H groups in total. The highest BCUT2D eigenvalue weighted by Gasteiger charge is 2.23. The van der Waals surface area contributed by atoms with E-state index in [-0.39, 0.29) is 9.92 Å². The standard InChI is InChI=1S/C13H20N2O2S/c1-2-11-5-3-4-6-12(11)14-8-10-7-13(15(16)17)18-9-10/h7,9,11-12,14H,2-6,8H2,1H3. The lowest BCUT2D eigenvalue weighted by molar-refractivity contribution is -0.380. The molecule has 1 aliphatic carbocycles. The van der Waals surface area contributed by atoms with Crippen LogP contribution in [0.2, 0.25) is 0 Å². The summed E-state index contributed by atoms with van der Waals surface area (Å²) in [6.07, 6.45) is 6.43. The Morgan fingerprint density at radius 1 is 1.50 bits per heavy atom. The fourth-order valence-corrected chi connectivity index (χ4v) is 3.49. The van der Waals surface area contributed by atoms with Crippen LogP contribution in [0.25, 0.3) is 0 Å². The topological polar surface area (TPSA) is 55.2 Å². The van der Waals surface area contributed by atoms with Crippen LogP contribution in [0.3, 0.4) is 0 Å². The molecule has 0 amide bonds. The molecule has 1 aliphatic rings. The van der Waals surface area contributed by atoms with Crippen molar-refractivity contribution in [2.24, 2.45) is 5.92 Å². The van der Waals surface area contributed by atoms with Crippen molar-refractivity contribution in [1.29, 1.82) is 0 Å². The number of hydrogen-bond donors (Lipinski definition) is 1. The van der Waals surface area contributed by atoms with Crippen LogP contribution in [0.1, 0.15) is 44.6 Å². The molecule has 1 heterocycles. The Morgan fingerprint density at radius 3 is 2.94 bits per heavy atom. The highest BCUT2D eigenvalue weighted by molar-refractivity contribution is 7.13. The average molecular weight is 268 g/mol. The Morgan fingerprint density at radius 2 is 2.28 bits per heavy atom. The summed E-state index contributed by atoms with van der Waals surface area (Å²) < 4.78 is 0. The summed E-state index contributed by atoms with van der Waals surface area (Å²) in [5.74, 6) is 0.771. The second-order valence-corrected chi connectivity index (χ2v) is 5.88. The number of nitrogens with one attached hydrogen (secondary N) is 1. The smallest absolute Gasteiger partial charge is 0.310 e. The summed E-state index contributed by atoms with van der Waals surface area (Å²) in [7, 11) is 0. The van der Waals surface area contributed by atoms with Gasteiger partial charge in [0.2, 0.25) is 0 Å². The molecule has 1 aromatic heterocycles. The molecule has 0 aromatic carbocycles. The van der Waals surface area contributed by atoms with Gasteiger partial charge in [0.15, 0.2) is 0 Å². The molecule has 18 heavy (non-hydrogen) atoms. The van der Waals surface area contributed by atoms with Crippen LogP contribution in [0.15, 0.2) is 11.4 Å². The first-order chi connectivity index (χ1) is 8.70. The van der Waals surface area contributed by atoms with Crippen molar-refractivity contribution in [1.82, 2.24) is 5.32 Å². The van der Waals surface area contributed by atoms with Gasteiger partial charge in [-0.2, -0.15) is 0 Å². The van der Waals surface area contributed by atoms with Crippen molar-refractivity contribution in [3.8, 4) is 0 Å². The fraction of sp³-hybridized carbons (Fsp3) is 0.692. The third-order valence-corrected chi connectivity index (χ3v) is 4.75. The normalized spacial score (nSPS) is 24.1. The highest BCUT2D eigenvalue weighted by Crippen LogP contribution is 2.28. The van der Waals surface area contributed by atoms with E-state index in [1.165, 1.54) is 43.4 Å². The molecule has 1 fully saturated rings. The average Bonchev–Trinajstić information content (AvgIpc) is 2.85. The Bertz CT molecular complexity index is 405. The van der Waals surface area contributed by atoms with E-state index in [4.69, 9.17) is 0 Å². The molecule has 0 saturated heterocycles. The third-order valence-electron chi connectivity index (χ3n) is 3.82. The zero-order chi connectivity index (χ0) is 13.0. The molecule has 2 rings (SSSR count). The molecule has 5 heteroatoms. The van der Waals surface area contributed by atoms with E-state index in [1.54, 1.807) is 6.07 Å². The van der Waals surface area contributed by atoms with Crippen LogP contribution < -0.4 is 5.32 Å². The van der Waals surface area contributed by atoms with Crippen LogP contribution in [0.4, 0.5) is 5.00 Å². The van der Waals surface area contributed by atoms with Crippen LogP contribution in [0.5, 0.6) is 0 Å². The molecule has 2 atom stereocenters. The maximum atomic E-state index is 10.6. The van der Waals surface area contributed by atoms with Crippen molar-refractivity contribution in [3.05, 3.63) is 27.1 Å². The molecule has 4 nitrogen and oxygen atoms in total. The van der Waals surface area contributed by atoms with Crippen LogP contribution in [-0.2, 0) is 6.54 Å². The van der Waals surface area contributed by atoms with Crippen molar-refractivity contribution in [2.45, 2.75) is 51.6 Å². The van der Waals surface area contributed by atoms with Gasteiger partial charge in [-0.1, -0.05) is 37.5 Å². The maximum absolute atomic E-state index is 10.6. The van der Waals surface area contributed by atoms with Gasteiger partial charge in [0, 0.05) is 24.0 Å². The van der Waals surface area contributed by atoms with Crippen molar-refractivity contribution in [3.63, 3.8) is 0 Å². The van der Waals surface area contributed by atoms with Gasteiger partial charge in [-0.05, 0) is 24.3 Å². The molecule has 1 saturated carbocycles. The predicted molar refractivity (Wildman–Crippen MR) is 73.9 cm³/mol. The van der Waals surface area contributed by atoms with Gasteiger partial charge in [0.1, 0.15) is 0 Å². The molecular formula is C13H20N2O2S. The summed E-state index contributed by atoms with van der Waals surface area (Å²) in [6.45, 7) is 3.01. The van der Waals surface area contributed by atoms with E-state index in [9.17, 15) is 10.1 Å². The molecule has 100 valence electrons. The SMILES string of the molecule is CCC1CCCCC1NCc1csc([N+](=O)[O-])c1. The van der Waals surface area contributed by atoms with Gasteiger partial charge in [-0.15, -0.1) is 0 Å². The first-order valence-electron chi connectivity index (χ1n) is 6.66. The number of thiophene rings is 1. The number of rotatable bonds is 5. The lowest BCUT2D eigenvalue weighted by Crippen LogP contribution is -2.37. The van der Waals surface area contributed by atoms with Crippen LogP contribution in [-0.4, -0.2) is 11.0 Å². The summed E-state index contributed by atoms with van der Waals surface area (Å²) in [6, 6.07) is 2.27. The maximum Gasteiger partial charge on any atom is 0.324 e. The first-order valence-corrected chi connectivity index (χ1v) is 7.54. The molecular weight excluding hydrogens is 248 g/mol. The molecule has 1 aromatic rings. The van der Waals surface area contributed by atoms with E-state index in [0.29, 0.717) is 6.04 Å². The van der Waals surface area contributed by atoms with E-state index in [1.807, 2.05) is 5.38 Å². The highest BCUT2D eigenvalue weighted by atomic mass is 32.1. The Labute approximate surface area is 112 Å². The minimum Gasteiger partial charge on any atom is -0.310 e. The first kappa shape index (κ1) is 13.5. The summed E-state index contributed by atoms with van der Waals surface area (Å²) in [4.78, 5) is 10.3. The van der Waals surface area contributed by atoms with Crippen molar-refractivity contribution < 1.29 is 4.92 Å². The molecule has 0 radical (unpaired) electrons. The van der Waals surface area contributed by atoms with Gasteiger partial charge >= 0.3 is 5.00 Å². The summed E-state index contributed by atoms with van der Waals surface area (Å²) in [5.41, 5.74) is 1.03. The molecule has 2 unspecified atom stereocenters. The largest absolute Gasteiger partial charge is 0.324 e. The monoisotopic (exact) mass is 268 g/mol. The van der Waals surface area contributed by atoms with Crippen molar-refractivity contribution >= 4 is 16.3 Å². The van der Waals surface area contributed by atoms with E-state index >= 15 is 0 Å². The lowest BCUT2D eigenvalue weighted by Gasteiger charge is -2.31. The van der Waals surface area contributed by atoms with Gasteiger partial charge in [0.05, 0.1) is 4.92 Å². The number of nitro groups is 1. The van der Waals surface area contributed by atoms with Crippen LogP contribution >= 0.6 is 11.3 Å². The summed E-state index contributed by atoms with van der Waals surface area (Å²) >= 11 is 1.21. The zero-order valence-corrected chi connectivity index (χ0v) is 11.5. The van der Waals surface area contributed by atoms with E-state index < -0.39 is 0 Å². The van der Waals surface area contributed by atoms with Gasteiger partial charge < -0.3 is 5.32 Å². The fourth-order valence-electron chi connectivity index (χ4n) is 2.77. The van der Waals surface area contributed by atoms with Gasteiger partial charge in [0.25, 0.3) is 0 Å². The number of hydrogen-bond acceptors (Lipinski definition) is 4. The minimum atomic E-state index is -0.316. The molecule has 0 spiro atoms. The Kier molecular flexibility index (Phi) is 4.72. The predicted octanol–water partition coefficient (Wildman–Crippen LogP) is 3.71. The Balaban J connectivity index is 1.87. The van der Waals surface area contributed by atoms with Crippen LogP contribution in [0, 0.1) is 16.0 Å². The van der Waals surface area contributed by atoms with E-state index in [2.05, 4.69) is 12.2 Å². The van der Waals surface area contributed by atoms with Gasteiger partial charge in [-0.3, -0.25) is 10.1 Å². The Hall–Kier alpha value is -0.940. The zero-order valence-electron chi connectivity index (χ0n) is 10.7. The minimum absolute atomic E-state index is 0.238. The quantitative estimate of drug-likeness (QED) is 0.654. The second-order valence-electron chi connectivity index (χ2n) is 4.99. The molecule has 0 bridgehead atoms. The third kappa shape index (κ3) is 3.29.